The van der Waals surface area contributed by atoms with E-state index in [4.69, 9.17) is 38.8 Å². The van der Waals surface area contributed by atoms with Gasteiger partial charge in [-0.1, -0.05) is 12.1 Å². The summed E-state index contributed by atoms with van der Waals surface area (Å²) in [6, 6.07) is 35.4. The molecule has 0 radical (unpaired) electrons. The highest BCUT2D eigenvalue weighted by Crippen LogP contribution is 2.47. The average molecular weight is 713 g/mol. The summed E-state index contributed by atoms with van der Waals surface area (Å²) in [4.78, 5) is 18.1. The van der Waals surface area contributed by atoms with E-state index in [1.807, 2.05) is 96.1 Å². The number of fused-ring (bicyclic) bond motifs is 2. The molecule has 262 valence electrons. The lowest BCUT2D eigenvalue weighted by molar-refractivity contribution is 0.396. The number of nitrogens with two attached hydrogens (primary N) is 1. The van der Waals surface area contributed by atoms with E-state index in [0.717, 1.165) is 33.1 Å². The smallest absolute Gasteiger partial charge is 0.252 e. The van der Waals surface area contributed by atoms with Gasteiger partial charge in [0, 0.05) is 27.4 Å². The molecule has 2 aromatic heterocycles. The molecule has 2 N–H and O–H groups in total. The van der Waals surface area contributed by atoms with Crippen LogP contribution >= 0.6 is 11.8 Å². The zero-order valence-electron chi connectivity index (χ0n) is 29.0. The molecular weight excluding hydrogens is 677 g/mol. The summed E-state index contributed by atoms with van der Waals surface area (Å²) in [5.41, 5.74) is 11.6. The van der Waals surface area contributed by atoms with Crippen LogP contribution < -0.4 is 45.4 Å². The lowest BCUT2D eigenvalue weighted by Gasteiger charge is -2.52. The summed E-state index contributed by atoms with van der Waals surface area (Å²) >= 11 is 1.66. The Bertz CT molecular complexity index is 2370. The topological polar surface area (TPSA) is 114 Å². The Kier molecular flexibility index (Phi) is 8.52. The Morgan fingerprint density at radius 3 is 2.17 bits per heavy atom. The highest BCUT2D eigenvalue weighted by Gasteiger charge is 2.52. The number of furan rings is 2. The van der Waals surface area contributed by atoms with Crippen LogP contribution in [0.25, 0.3) is 5.82 Å². The Labute approximate surface area is 304 Å². The number of thioether (sulfide) groups is 1. The van der Waals surface area contributed by atoms with E-state index < -0.39 is 5.79 Å². The van der Waals surface area contributed by atoms with Crippen LogP contribution in [0.15, 0.2) is 145 Å². The fourth-order valence-corrected chi connectivity index (χ4v) is 7.13. The van der Waals surface area contributed by atoms with Gasteiger partial charge in [-0.2, -0.15) is 9.98 Å². The van der Waals surface area contributed by atoms with Crippen molar-refractivity contribution >= 4 is 46.5 Å². The van der Waals surface area contributed by atoms with E-state index in [0.29, 0.717) is 52.2 Å². The van der Waals surface area contributed by atoms with Gasteiger partial charge in [-0.3, -0.25) is 9.80 Å². The Morgan fingerprint density at radius 2 is 1.48 bits per heavy atom. The van der Waals surface area contributed by atoms with E-state index >= 15 is 0 Å². The first-order valence-electron chi connectivity index (χ1n) is 16.5. The van der Waals surface area contributed by atoms with Crippen LogP contribution in [0.3, 0.4) is 0 Å². The second kappa shape index (κ2) is 13.5. The van der Waals surface area contributed by atoms with Gasteiger partial charge in [0.2, 0.25) is 17.4 Å². The first-order chi connectivity index (χ1) is 25.5. The van der Waals surface area contributed by atoms with Gasteiger partial charge in [0.15, 0.2) is 0 Å². The van der Waals surface area contributed by atoms with Crippen molar-refractivity contribution in [3.8, 4) is 17.2 Å². The van der Waals surface area contributed by atoms with Crippen molar-refractivity contribution in [3.63, 3.8) is 0 Å². The molecule has 0 fully saturated rings. The van der Waals surface area contributed by atoms with E-state index in [9.17, 15) is 0 Å². The van der Waals surface area contributed by atoms with Crippen molar-refractivity contribution < 1.29 is 23.0 Å². The zero-order valence-corrected chi connectivity index (χ0v) is 29.8. The summed E-state index contributed by atoms with van der Waals surface area (Å²) in [5.74, 6) is 1.94. The van der Waals surface area contributed by atoms with Crippen molar-refractivity contribution in [2.75, 3.05) is 42.3 Å². The molecule has 0 saturated heterocycles. The van der Waals surface area contributed by atoms with Gasteiger partial charge < -0.3 is 33.7 Å². The Hall–Kier alpha value is -6.27. The minimum Gasteiger partial charge on any atom is -0.497 e. The van der Waals surface area contributed by atoms with Crippen molar-refractivity contribution in [2.24, 2.45) is 15.7 Å². The third kappa shape index (κ3) is 5.39. The van der Waals surface area contributed by atoms with Crippen LogP contribution in [-0.4, -0.2) is 33.5 Å². The first-order valence-corrected chi connectivity index (χ1v) is 17.7. The minimum atomic E-state index is -1.50. The Morgan fingerprint density at radius 1 is 0.788 bits per heavy atom. The molecule has 0 saturated carbocycles. The van der Waals surface area contributed by atoms with Gasteiger partial charge in [-0.05, 0) is 103 Å². The molecule has 11 nitrogen and oxygen atoms in total. The van der Waals surface area contributed by atoms with Crippen LogP contribution in [0.1, 0.15) is 11.1 Å². The zero-order chi connectivity index (χ0) is 35.8. The van der Waals surface area contributed by atoms with Crippen LogP contribution in [0.5, 0.6) is 17.2 Å². The molecule has 12 heteroatoms. The second-order valence-electron chi connectivity index (χ2n) is 12.0. The molecule has 2 aliphatic heterocycles. The molecule has 4 heterocycles. The molecule has 8 rings (SSSR count). The molecule has 6 aromatic rings. The third-order valence-electron chi connectivity index (χ3n) is 9.25. The summed E-state index contributed by atoms with van der Waals surface area (Å²) in [6.07, 6.45) is 5.30. The number of para-hydroxylation sites is 2. The highest BCUT2D eigenvalue weighted by atomic mass is 32.2. The summed E-state index contributed by atoms with van der Waals surface area (Å²) in [6.45, 7) is 0.421. The summed E-state index contributed by atoms with van der Waals surface area (Å²) in [7, 11) is 4.94. The van der Waals surface area contributed by atoms with Gasteiger partial charge in [0.25, 0.3) is 5.79 Å². The second-order valence-corrected chi connectivity index (χ2v) is 12.9. The molecule has 1 atom stereocenters. The molecular formula is C40H36N6O5S. The van der Waals surface area contributed by atoms with Crippen molar-refractivity contribution in [3.05, 3.63) is 144 Å². The summed E-state index contributed by atoms with van der Waals surface area (Å²) in [5, 5.41) is 0.660. The normalized spacial score (nSPS) is 16.4. The molecule has 2 aliphatic rings. The summed E-state index contributed by atoms with van der Waals surface area (Å²) < 4.78 is 29.3. The highest BCUT2D eigenvalue weighted by molar-refractivity contribution is 7.98. The predicted molar refractivity (Wildman–Crippen MR) is 203 cm³/mol. The maximum absolute atomic E-state index is 7.30. The van der Waals surface area contributed by atoms with Gasteiger partial charge in [-0.25, -0.2) is 0 Å². The lowest BCUT2D eigenvalue weighted by atomic mass is 9.99. The number of aliphatic imine (C=N–C) groups is 1. The maximum atomic E-state index is 7.30. The van der Waals surface area contributed by atoms with Crippen LogP contribution in [-0.2, 0) is 12.3 Å². The number of ether oxygens (including phenoxy) is 3. The minimum absolute atomic E-state index is 0.364. The number of hydrogen-bond donors (Lipinski definition) is 1. The molecule has 1 unspecified atom stereocenters. The fraction of sp³-hybridized carbons (Fsp3) is 0.150. The molecule has 4 aromatic carbocycles. The van der Waals surface area contributed by atoms with Crippen molar-refractivity contribution in [1.29, 1.82) is 0 Å². The number of benzene rings is 4. The van der Waals surface area contributed by atoms with Gasteiger partial charge in [-0.15, -0.1) is 11.8 Å². The largest absolute Gasteiger partial charge is 0.497 e. The predicted octanol–water partition coefficient (Wildman–Crippen LogP) is 6.81. The van der Waals surface area contributed by atoms with Crippen LogP contribution in [0.4, 0.5) is 22.9 Å². The van der Waals surface area contributed by atoms with Gasteiger partial charge in [0.1, 0.15) is 23.1 Å². The lowest BCUT2D eigenvalue weighted by Crippen LogP contribution is -2.66. The van der Waals surface area contributed by atoms with Crippen molar-refractivity contribution in [1.82, 2.24) is 0 Å². The number of anilines is 3. The number of methoxy groups -OCH3 is 3. The molecule has 52 heavy (non-hydrogen) atoms. The van der Waals surface area contributed by atoms with Crippen molar-refractivity contribution in [2.45, 2.75) is 17.2 Å². The third-order valence-corrected chi connectivity index (χ3v) is 10.00. The van der Waals surface area contributed by atoms with Crippen LogP contribution in [0, 0.1) is 0 Å². The number of guanidine groups is 1. The van der Waals surface area contributed by atoms with Crippen LogP contribution in [0.2, 0.25) is 0 Å². The fourth-order valence-electron chi connectivity index (χ4n) is 6.72. The van der Waals surface area contributed by atoms with Gasteiger partial charge >= 0.3 is 0 Å². The van der Waals surface area contributed by atoms with E-state index in [1.165, 1.54) is 0 Å². The SMILES string of the molecule is COc1ccc(N(C2=Nc3occc3CN2c2ccccc2OC)C2(c3ccc(OC)cc3)N=c3occc3=C(N)N2c2ccc(SC)cc2)cc1. The Balaban J connectivity index is 1.51. The monoisotopic (exact) mass is 712 g/mol. The standard InChI is InChI=1S/C40H36N6O5S/c1-47-30-15-9-27(10-16-30)40(43-38-33(22-24-51-38)36(41)45(40)28-13-19-32(52-4)20-14-28)46(29-11-17-31(48-2)18-12-29)39-42-37-26(21-23-50-37)25-44(39)34-7-5-6-8-35(34)49-3/h5-24H,25,41H2,1-4H3. The molecule has 0 bridgehead atoms. The van der Waals surface area contributed by atoms with E-state index in [-0.39, 0.29) is 0 Å². The first kappa shape index (κ1) is 32.9. The maximum Gasteiger partial charge on any atom is 0.252 e. The molecule has 0 amide bonds. The number of nitrogens with zero attached hydrogens (tertiary/aromatic N) is 5. The number of hydrogen-bond acceptors (Lipinski definition) is 12. The van der Waals surface area contributed by atoms with E-state index in [2.05, 4.69) is 34.1 Å². The average Bonchev–Trinajstić information content (AvgIpc) is 3.88. The number of rotatable bonds is 9. The molecule has 0 spiro atoms. The quantitative estimate of drug-likeness (QED) is 0.161. The molecule has 0 aliphatic carbocycles. The van der Waals surface area contributed by atoms with E-state index in [1.54, 1.807) is 45.6 Å². The van der Waals surface area contributed by atoms with Gasteiger partial charge in [0.05, 0.1) is 51.3 Å².